The molecule has 0 N–H and O–H groups in total. The molecule has 0 spiro atoms. The van der Waals surface area contributed by atoms with Gasteiger partial charge in [0.05, 0.1) is 7.11 Å². The van der Waals surface area contributed by atoms with Crippen LogP contribution in [0, 0.1) is 12.3 Å². The van der Waals surface area contributed by atoms with Gasteiger partial charge in [0, 0.05) is 12.3 Å². The Bertz CT molecular complexity index is 419. The van der Waals surface area contributed by atoms with E-state index in [0.29, 0.717) is 3.97 Å². The Morgan fingerprint density at radius 3 is 2.75 bits per heavy atom. The average molecular weight is 187 g/mol. The summed E-state index contributed by atoms with van der Waals surface area (Å²) in [6.07, 6.45) is 2.09. The molecule has 0 aliphatic heterocycles. The summed E-state index contributed by atoms with van der Waals surface area (Å²) in [4.78, 5) is 10.9. The van der Waals surface area contributed by atoms with Gasteiger partial charge in [-0.1, -0.05) is 6.07 Å². The molecule has 0 atom stereocenters. The Morgan fingerprint density at radius 1 is 1.58 bits per heavy atom. The van der Waals surface area contributed by atoms with Gasteiger partial charge in [0.2, 0.25) is 0 Å². The molecule has 0 saturated heterocycles. The summed E-state index contributed by atoms with van der Waals surface area (Å²) in [5.74, 6) is 0. The van der Waals surface area contributed by atoms with E-state index in [-0.39, 0.29) is 0 Å². The van der Waals surface area contributed by atoms with Crippen LogP contribution < -0.4 is 5.56 Å². The fourth-order valence-corrected chi connectivity index (χ4v) is 1.17. The Balaban J connectivity index is 3.40. The second-order valence-corrected chi connectivity index (χ2v) is 3.37. The quantitative estimate of drug-likeness (QED) is 0.607. The van der Waals surface area contributed by atoms with E-state index in [1.54, 1.807) is 0 Å². The van der Waals surface area contributed by atoms with Gasteiger partial charge in [-0.05, 0) is 6.07 Å². The fraction of sp³-hybridized carbons (Fsp3) is 0.167. The zero-order valence-corrected chi connectivity index (χ0v) is 6.96. The van der Waals surface area contributed by atoms with Crippen LogP contribution in [0.5, 0.6) is 0 Å². The maximum Gasteiger partial charge on any atom is 0.376 e. The molecule has 0 aliphatic rings. The van der Waals surface area contributed by atoms with E-state index in [1.807, 2.05) is 0 Å². The topological polar surface area (TPSA) is 65.4 Å². The SMILES string of the molecule is COS(=O)(=O)n1c#cccc1=O. The maximum atomic E-state index is 10.9. The van der Waals surface area contributed by atoms with Crippen molar-refractivity contribution < 1.29 is 12.6 Å². The summed E-state index contributed by atoms with van der Waals surface area (Å²) in [7, 11) is -3.05. The highest BCUT2D eigenvalue weighted by Crippen LogP contribution is 1.88. The lowest BCUT2D eigenvalue weighted by atomic mass is 10.6. The van der Waals surface area contributed by atoms with Gasteiger partial charge in [-0.3, -0.25) is 8.98 Å². The van der Waals surface area contributed by atoms with E-state index in [2.05, 4.69) is 16.4 Å². The number of hydrogen-bond donors (Lipinski definition) is 0. The molecule has 1 aromatic rings. The van der Waals surface area contributed by atoms with Crippen LogP contribution in [-0.2, 0) is 14.5 Å². The fourth-order valence-electron chi connectivity index (χ4n) is 0.572. The first-order chi connectivity index (χ1) is 5.58. The van der Waals surface area contributed by atoms with Crippen molar-refractivity contribution in [2.75, 3.05) is 7.11 Å². The Morgan fingerprint density at radius 2 is 2.25 bits per heavy atom. The van der Waals surface area contributed by atoms with Crippen molar-refractivity contribution in [3.63, 3.8) is 0 Å². The van der Waals surface area contributed by atoms with E-state index in [9.17, 15) is 13.2 Å². The van der Waals surface area contributed by atoms with Crippen molar-refractivity contribution in [1.82, 2.24) is 3.97 Å². The van der Waals surface area contributed by atoms with E-state index < -0.39 is 15.9 Å². The minimum atomic E-state index is -4.01. The Hall–Kier alpha value is -1.32. The van der Waals surface area contributed by atoms with E-state index >= 15 is 0 Å². The van der Waals surface area contributed by atoms with Crippen molar-refractivity contribution in [3.8, 4) is 0 Å². The smallest absolute Gasteiger partial charge is 0.267 e. The highest BCUT2D eigenvalue weighted by molar-refractivity contribution is 7.85. The lowest BCUT2D eigenvalue weighted by molar-refractivity contribution is 0.388. The van der Waals surface area contributed by atoms with Crippen molar-refractivity contribution in [2.45, 2.75) is 0 Å². The molecule has 6 heteroatoms. The third kappa shape index (κ3) is 1.47. The van der Waals surface area contributed by atoms with Crippen LogP contribution in [0.4, 0.5) is 0 Å². The summed E-state index contributed by atoms with van der Waals surface area (Å²) < 4.78 is 26.3. The van der Waals surface area contributed by atoms with Gasteiger partial charge in [-0.15, -0.1) is 3.97 Å². The molecule has 1 aromatic heterocycles. The molecule has 0 unspecified atom stereocenters. The van der Waals surface area contributed by atoms with Crippen LogP contribution >= 0.6 is 0 Å². The minimum absolute atomic E-state index is 0.340. The molecular formula is C6H5NO4S. The van der Waals surface area contributed by atoms with Gasteiger partial charge in [0.15, 0.2) is 0 Å². The molecule has 0 bridgehead atoms. The predicted octanol–water partition coefficient (Wildman–Crippen LogP) is -0.812. The Kier molecular flexibility index (Phi) is 2.17. The standard InChI is InChI=1S/C6H5NO4S/c1-11-12(9,10)7-5-3-2-4-6(7)8/h2,4H,1H3. The molecule has 0 saturated carbocycles. The summed E-state index contributed by atoms with van der Waals surface area (Å²) in [5.41, 5.74) is -0.726. The van der Waals surface area contributed by atoms with Gasteiger partial charge in [0.25, 0.3) is 5.56 Å². The largest absolute Gasteiger partial charge is 0.376 e. The first-order valence-electron chi connectivity index (χ1n) is 2.90. The van der Waals surface area contributed by atoms with Gasteiger partial charge < -0.3 is 0 Å². The summed E-state index contributed by atoms with van der Waals surface area (Å²) in [5, 5.41) is 0. The molecular weight excluding hydrogens is 182 g/mol. The first-order valence-corrected chi connectivity index (χ1v) is 4.27. The van der Waals surface area contributed by atoms with Crippen molar-refractivity contribution >= 4 is 10.3 Å². The Labute approximate surface area is 69.5 Å². The lowest BCUT2D eigenvalue weighted by Crippen LogP contribution is -2.25. The van der Waals surface area contributed by atoms with Gasteiger partial charge in [-0.2, -0.15) is 8.42 Å². The third-order valence-corrected chi connectivity index (χ3v) is 2.25. The lowest BCUT2D eigenvalue weighted by Gasteiger charge is -1.98. The summed E-state index contributed by atoms with van der Waals surface area (Å²) >= 11 is 0. The molecule has 1 heterocycles. The van der Waals surface area contributed by atoms with Crippen molar-refractivity contribution in [3.05, 3.63) is 34.7 Å². The van der Waals surface area contributed by atoms with Crippen LogP contribution in [0.15, 0.2) is 16.9 Å². The van der Waals surface area contributed by atoms with Crippen LogP contribution in [0.25, 0.3) is 0 Å². The highest BCUT2D eigenvalue weighted by Gasteiger charge is 2.11. The predicted molar refractivity (Wildman–Crippen MR) is 39.7 cm³/mol. The van der Waals surface area contributed by atoms with Crippen molar-refractivity contribution in [2.24, 2.45) is 0 Å². The van der Waals surface area contributed by atoms with Crippen LogP contribution in [0.1, 0.15) is 0 Å². The highest BCUT2D eigenvalue weighted by atomic mass is 32.2. The van der Waals surface area contributed by atoms with Crippen molar-refractivity contribution in [1.29, 1.82) is 0 Å². The van der Waals surface area contributed by atoms with Crippen LogP contribution in [0.3, 0.4) is 0 Å². The van der Waals surface area contributed by atoms with E-state index in [0.717, 1.165) is 13.2 Å². The second kappa shape index (κ2) is 2.97. The number of nitrogens with zero attached hydrogens (tertiary/aromatic N) is 1. The van der Waals surface area contributed by atoms with E-state index in [4.69, 9.17) is 0 Å². The average Bonchev–Trinajstić information content (AvgIpc) is 2.05. The number of rotatable bonds is 2. The van der Waals surface area contributed by atoms with Crippen LogP contribution in [0.2, 0.25) is 0 Å². The van der Waals surface area contributed by atoms with Gasteiger partial charge in [-0.25, -0.2) is 0 Å². The molecule has 0 radical (unpaired) electrons. The summed E-state index contributed by atoms with van der Waals surface area (Å²) in [6.45, 7) is 0. The molecule has 5 nitrogen and oxygen atoms in total. The third-order valence-electron chi connectivity index (χ3n) is 1.11. The minimum Gasteiger partial charge on any atom is -0.267 e. The summed E-state index contributed by atoms with van der Waals surface area (Å²) in [6, 6.07) is 4.64. The maximum absolute atomic E-state index is 10.9. The molecule has 1 rings (SSSR count). The zero-order chi connectivity index (χ0) is 9.19. The molecule has 64 valence electrons. The molecule has 0 fully saturated rings. The van der Waals surface area contributed by atoms with Crippen LogP contribution in [-0.4, -0.2) is 19.5 Å². The van der Waals surface area contributed by atoms with Gasteiger partial charge in [0.1, 0.15) is 0 Å². The first kappa shape index (κ1) is 8.77. The zero-order valence-electron chi connectivity index (χ0n) is 6.14. The number of hydrogen-bond acceptors (Lipinski definition) is 4. The van der Waals surface area contributed by atoms with E-state index in [1.165, 1.54) is 6.07 Å². The molecule has 12 heavy (non-hydrogen) atoms. The number of aromatic nitrogens is 1. The monoisotopic (exact) mass is 187 g/mol. The molecule has 0 amide bonds. The molecule has 0 aliphatic carbocycles. The van der Waals surface area contributed by atoms with Gasteiger partial charge >= 0.3 is 10.3 Å². The normalized spacial score (nSPS) is 10.8. The second-order valence-electron chi connectivity index (χ2n) is 1.82. The molecule has 0 aromatic carbocycles.